The Bertz CT molecular complexity index is 2360. The fourth-order valence-corrected chi connectivity index (χ4v) is 9.89. The SMILES string of the molecule is CC(C)c1cccc2c1N1c3c4[n+](cc[n+]3C2C)C(C)c2cccc(C(C)C)c2N4C1c1cc2c3c(c1)Oc1ccccc1B3c1ccccc1O2. The Kier molecular flexibility index (Phi) is 6.08. The molecule has 6 aromatic rings. The number of ether oxygens (including phenoxy) is 2. The first kappa shape index (κ1) is 30.1. The minimum atomic E-state index is -0.200. The van der Waals surface area contributed by atoms with E-state index in [9.17, 15) is 0 Å². The first-order valence-corrected chi connectivity index (χ1v) is 18.9. The zero-order valence-electron chi connectivity index (χ0n) is 30.5. The van der Waals surface area contributed by atoms with E-state index in [1.54, 1.807) is 0 Å². The molecule has 0 saturated heterocycles. The molecule has 52 heavy (non-hydrogen) atoms. The van der Waals surface area contributed by atoms with Crippen LogP contribution >= 0.6 is 0 Å². The quantitative estimate of drug-likeness (QED) is 0.140. The number of nitrogens with zero attached hydrogens (tertiary/aromatic N) is 4. The summed E-state index contributed by atoms with van der Waals surface area (Å²) in [6.45, 7) is 14.0. The first-order valence-electron chi connectivity index (χ1n) is 18.9. The fraction of sp³-hybridized carbons (Fsp3) is 0.244. The molecule has 2 unspecified atom stereocenters. The average Bonchev–Trinajstić information content (AvgIpc) is 3.51. The molecule has 0 spiro atoms. The van der Waals surface area contributed by atoms with Gasteiger partial charge in [-0.1, -0.05) is 100 Å². The predicted octanol–water partition coefficient (Wildman–Crippen LogP) is 8.07. The van der Waals surface area contributed by atoms with Crippen molar-refractivity contribution in [2.45, 2.75) is 71.6 Å². The molecule has 0 aliphatic carbocycles. The van der Waals surface area contributed by atoms with Crippen molar-refractivity contribution in [1.29, 1.82) is 0 Å². The summed E-state index contributed by atoms with van der Waals surface area (Å²) in [5.41, 5.74) is 12.6. The van der Waals surface area contributed by atoms with E-state index in [1.807, 2.05) is 0 Å². The van der Waals surface area contributed by atoms with Gasteiger partial charge in [0, 0.05) is 33.3 Å². The molecule has 6 heterocycles. The van der Waals surface area contributed by atoms with Gasteiger partial charge in [0.15, 0.2) is 0 Å². The van der Waals surface area contributed by atoms with Gasteiger partial charge in [-0.15, -0.1) is 0 Å². The van der Waals surface area contributed by atoms with Gasteiger partial charge >= 0.3 is 11.6 Å². The Hall–Kier alpha value is -5.56. The van der Waals surface area contributed by atoms with Crippen molar-refractivity contribution in [3.63, 3.8) is 0 Å². The van der Waals surface area contributed by atoms with Crippen molar-refractivity contribution in [3.8, 4) is 23.0 Å². The van der Waals surface area contributed by atoms with Crippen LogP contribution in [0.5, 0.6) is 23.0 Å². The molecule has 7 heteroatoms. The minimum absolute atomic E-state index is 0.0345. The summed E-state index contributed by atoms with van der Waals surface area (Å²) >= 11 is 0. The van der Waals surface area contributed by atoms with Crippen LogP contribution in [0.3, 0.4) is 0 Å². The summed E-state index contributed by atoms with van der Waals surface area (Å²) in [6.07, 6.45) is 4.41. The number of hydrogen-bond acceptors (Lipinski definition) is 4. The van der Waals surface area contributed by atoms with Gasteiger partial charge in [0.1, 0.15) is 58.9 Å². The van der Waals surface area contributed by atoms with Crippen LogP contribution in [0.15, 0.2) is 109 Å². The Balaban J connectivity index is 1.23. The highest BCUT2D eigenvalue weighted by molar-refractivity contribution is 6.98. The smallest absolute Gasteiger partial charge is 0.378 e. The Morgan fingerprint density at radius 2 is 1.04 bits per heavy atom. The Labute approximate surface area is 305 Å². The monoisotopic (exact) mass is 680 g/mol. The highest BCUT2D eigenvalue weighted by Gasteiger charge is 2.63. The molecular formula is C45H41BN4O2+2. The van der Waals surface area contributed by atoms with Crippen molar-refractivity contribution in [2.75, 3.05) is 9.80 Å². The van der Waals surface area contributed by atoms with Crippen LogP contribution in [0.4, 0.5) is 23.0 Å². The largest absolute Gasteiger partial charge is 0.458 e. The lowest BCUT2D eigenvalue weighted by Crippen LogP contribution is -2.57. The molecule has 11 rings (SSSR count). The van der Waals surface area contributed by atoms with Crippen molar-refractivity contribution in [2.24, 2.45) is 0 Å². The van der Waals surface area contributed by atoms with Gasteiger partial charge in [-0.25, -0.2) is 9.13 Å². The molecule has 5 aliphatic rings. The predicted molar refractivity (Wildman–Crippen MR) is 207 cm³/mol. The second kappa shape index (κ2) is 10.5. The van der Waals surface area contributed by atoms with E-state index >= 15 is 0 Å². The molecule has 254 valence electrons. The lowest BCUT2D eigenvalue weighted by atomic mass is 9.35. The molecule has 0 bridgehead atoms. The molecule has 0 fully saturated rings. The van der Waals surface area contributed by atoms with Gasteiger partial charge in [-0.2, -0.15) is 9.80 Å². The summed E-state index contributed by atoms with van der Waals surface area (Å²) in [7, 11) is 0. The number of hydrogen-bond donors (Lipinski definition) is 0. The van der Waals surface area contributed by atoms with E-state index < -0.39 is 0 Å². The molecule has 0 amide bonds. The number of aromatic nitrogens is 2. The maximum absolute atomic E-state index is 6.90. The molecule has 5 aromatic carbocycles. The van der Waals surface area contributed by atoms with Crippen molar-refractivity contribution < 1.29 is 18.6 Å². The number of para-hydroxylation sites is 4. The van der Waals surface area contributed by atoms with E-state index in [-0.39, 0.29) is 25.0 Å². The minimum Gasteiger partial charge on any atom is -0.458 e. The van der Waals surface area contributed by atoms with E-state index in [1.165, 1.54) is 56.2 Å². The third-order valence-corrected chi connectivity index (χ3v) is 12.3. The summed E-state index contributed by atoms with van der Waals surface area (Å²) in [4.78, 5) is 5.30. The number of anilines is 4. The van der Waals surface area contributed by atoms with Crippen molar-refractivity contribution in [1.82, 2.24) is 0 Å². The second-order valence-electron chi connectivity index (χ2n) is 15.7. The zero-order chi connectivity index (χ0) is 35.2. The maximum Gasteiger partial charge on any atom is 0.378 e. The molecule has 2 atom stereocenters. The van der Waals surface area contributed by atoms with E-state index in [4.69, 9.17) is 9.47 Å². The van der Waals surface area contributed by atoms with Gasteiger partial charge in [-0.05, 0) is 60.9 Å². The molecule has 1 aromatic heterocycles. The highest BCUT2D eigenvalue weighted by Crippen LogP contribution is 2.59. The van der Waals surface area contributed by atoms with Crippen LogP contribution in [-0.2, 0) is 0 Å². The van der Waals surface area contributed by atoms with Crippen LogP contribution in [0.1, 0.15) is 99.4 Å². The molecule has 6 nitrogen and oxygen atoms in total. The summed E-state index contributed by atoms with van der Waals surface area (Å²) in [6, 6.07) is 35.8. The van der Waals surface area contributed by atoms with Crippen LogP contribution in [0, 0.1) is 0 Å². The van der Waals surface area contributed by atoms with Gasteiger partial charge in [0.25, 0.3) is 12.9 Å². The topological polar surface area (TPSA) is 32.7 Å². The van der Waals surface area contributed by atoms with E-state index in [0.717, 1.165) is 34.0 Å². The average molecular weight is 681 g/mol. The summed E-state index contributed by atoms with van der Waals surface area (Å²) in [5.74, 6) is 6.70. The molecule has 0 radical (unpaired) electrons. The highest BCUT2D eigenvalue weighted by atomic mass is 16.5. The van der Waals surface area contributed by atoms with Crippen LogP contribution < -0.4 is 44.8 Å². The first-order chi connectivity index (χ1) is 25.3. The van der Waals surface area contributed by atoms with Gasteiger partial charge in [0.05, 0.1) is 0 Å². The van der Waals surface area contributed by atoms with Crippen LogP contribution in [0.2, 0.25) is 0 Å². The lowest BCUT2D eigenvalue weighted by molar-refractivity contribution is -0.746. The van der Waals surface area contributed by atoms with Crippen LogP contribution in [-0.4, -0.2) is 6.71 Å². The van der Waals surface area contributed by atoms with Gasteiger partial charge < -0.3 is 9.47 Å². The molecule has 0 saturated carbocycles. The third kappa shape index (κ3) is 3.76. The molecule has 5 aliphatic heterocycles. The maximum atomic E-state index is 6.90. The summed E-state index contributed by atoms with van der Waals surface area (Å²) < 4.78 is 18.8. The van der Waals surface area contributed by atoms with Crippen molar-refractivity contribution in [3.05, 3.63) is 137 Å². The second-order valence-corrected chi connectivity index (χ2v) is 15.7. The summed E-state index contributed by atoms with van der Waals surface area (Å²) in [5, 5.41) is 0. The van der Waals surface area contributed by atoms with Gasteiger partial charge in [-0.3, -0.25) is 0 Å². The standard InChI is InChI=1S/C45H41BN4O2/c1-25(2)30-13-11-15-32-27(5)47-21-22-48-28(6)33-16-12-14-31(26(3)4)42(33)50-43(49(41(30)32)44(47)45(48)50)29-23-38-40-39(24-29)52-37-20-10-8-18-35(37)46(40)34-17-7-9-19-36(34)51-38/h7-28,43H,1-6H3/q+2. The zero-order valence-corrected chi connectivity index (χ0v) is 30.5. The number of fused-ring (bicyclic) bond motifs is 8. The number of rotatable bonds is 3. The van der Waals surface area contributed by atoms with E-state index in [2.05, 4.69) is 170 Å². The van der Waals surface area contributed by atoms with Crippen molar-refractivity contribution >= 4 is 46.1 Å². The van der Waals surface area contributed by atoms with Gasteiger partial charge in [0.2, 0.25) is 0 Å². The third-order valence-electron chi connectivity index (χ3n) is 12.3. The fourth-order valence-electron chi connectivity index (χ4n) is 9.89. The molecular weight excluding hydrogens is 639 g/mol. The van der Waals surface area contributed by atoms with E-state index in [0.29, 0.717) is 11.8 Å². The Morgan fingerprint density at radius 1 is 0.577 bits per heavy atom. The van der Waals surface area contributed by atoms with Crippen LogP contribution in [0.25, 0.3) is 0 Å². The Morgan fingerprint density at radius 3 is 1.50 bits per heavy atom. The lowest BCUT2D eigenvalue weighted by Gasteiger charge is -2.35. The molecule has 0 N–H and O–H groups in total. The number of benzene rings is 5. The normalized spacial score (nSPS) is 19.3.